The van der Waals surface area contributed by atoms with E-state index in [1.54, 1.807) is 12.1 Å². The van der Waals surface area contributed by atoms with Gasteiger partial charge in [0.25, 0.3) is 0 Å². The SMILES string of the molecule is NC1(Cc2cccc(O)c2)CCc2ccccc21. The van der Waals surface area contributed by atoms with Gasteiger partial charge in [0.05, 0.1) is 0 Å². The Bertz CT molecular complexity index is 579. The second-order valence-electron chi connectivity index (χ2n) is 5.16. The fourth-order valence-corrected chi connectivity index (χ4v) is 2.93. The van der Waals surface area contributed by atoms with Crippen LogP contribution in [0.1, 0.15) is 23.1 Å². The lowest BCUT2D eigenvalue weighted by Crippen LogP contribution is -2.36. The molecule has 0 amide bonds. The number of aromatic hydroxyl groups is 1. The van der Waals surface area contributed by atoms with Crippen molar-refractivity contribution in [1.82, 2.24) is 0 Å². The third-order valence-corrected chi connectivity index (χ3v) is 3.82. The maximum atomic E-state index is 9.53. The first kappa shape index (κ1) is 11.3. The first-order valence-corrected chi connectivity index (χ1v) is 6.33. The third-order valence-electron chi connectivity index (χ3n) is 3.82. The average molecular weight is 239 g/mol. The molecule has 3 N–H and O–H groups in total. The van der Waals surface area contributed by atoms with Gasteiger partial charge in [-0.25, -0.2) is 0 Å². The molecule has 0 saturated heterocycles. The maximum absolute atomic E-state index is 9.53. The van der Waals surface area contributed by atoms with Crippen LogP contribution in [-0.2, 0) is 18.4 Å². The van der Waals surface area contributed by atoms with Crippen LogP contribution in [-0.4, -0.2) is 5.11 Å². The molecular weight excluding hydrogens is 222 g/mol. The van der Waals surface area contributed by atoms with E-state index in [0.717, 1.165) is 24.8 Å². The normalized spacial score (nSPS) is 21.8. The van der Waals surface area contributed by atoms with Crippen LogP contribution in [0.4, 0.5) is 0 Å². The van der Waals surface area contributed by atoms with Gasteiger partial charge >= 0.3 is 0 Å². The van der Waals surface area contributed by atoms with E-state index in [0.29, 0.717) is 5.75 Å². The minimum absolute atomic E-state index is 0.287. The van der Waals surface area contributed by atoms with Gasteiger partial charge in [-0.2, -0.15) is 0 Å². The summed E-state index contributed by atoms with van der Waals surface area (Å²) in [5.74, 6) is 0.308. The molecule has 0 fully saturated rings. The number of aryl methyl sites for hydroxylation is 1. The number of hydrogen-bond acceptors (Lipinski definition) is 2. The van der Waals surface area contributed by atoms with E-state index in [2.05, 4.69) is 18.2 Å². The summed E-state index contributed by atoms with van der Waals surface area (Å²) in [4.78, 5) is 0. The van der Waals surface area contributed by atoms with Crippen LogP contribution in [0.5, 0.6) is 5.75 Å². The van der Waals surface area contributed by atoms with E-state index in [9.17, 15) is 5.11 Å². The second kappa shape index (κ2) is 4.14. The van der Waals surface area contributed by atoms with Crippen LogP contribution in [0.2, 0.25) is 0 Å². The van der Waals surface area contributed by atoms with Crippen LogP contribution in [0, 0.1) is 0 Å². The molecule has 0 saturated carbocycles. The summed E-state index contributed by atoms with van der Waals surface area (Å²) in [5.41, 5.74) is 9.99. The lowest BCUT2D eigenvalue weighted by atomic mass is 9.86. The molecule has 0 radical (unpaired) electrons. The fraction of sp³-hybridized carbons (Fsp3) is 0.250. The van der Waals surface area contributed by atoms with Crippen molar-refractivity contribution in [1.29, 1.82) is 0 Å². The highest BCUT2D eigenvalue weighted by molar-refractivity contribution is 5.40. The molecule has 2 heteroatoms. The van der Waals surface area contributed by atoms with Crippen LogP contribution < -0.4 is 5.73 Å². The lowest BCUT2D eigenvalue weighted by molar-refractivity contribution is 0.435. The highest BCUT2D eigenvalue weighted by atomic mass is 16.3. The van der Waals surface area contributed by atoms with Crippen molar-refractivity contribution >= 4 is 0 Å². The third kappa shape index (κ3) is 1.89. The molecule has 2 aromatic rings. The summed E-state index contributed by atoms with van der Waals surface area (Å²) in [7, 11) is 0. The summed E-state index contributed by atoms with van der Waals surface area (Å²) in [6.45, 7) is 0. The zero-order valence-corrected chi connectivity index (χ0v) is 10.3. The Labute approximate surface area is 107 Å². The molecule has 92 valence electrons. The molecule has 0 bridgehead atoms. The fourth-order valence-electron chi connectivity index (χ4n) is 2.93. The molecule has 0 heterocycles. The van der Waals surface area contributed by atoms with Gasteiger partial charge in [0.15, 0.2) is 0 Å². The Morgan fingerprint density at radius 1 is 1.11 bits per heavy atom. The summed E-state index contributed by atoms with van der Waals surface area (Å²) in [6, 6.07) is 15.8. The Kier molecular flexibility index (Phi) is 2.60. The summed E-state index contributed by atoms with van der Waals surface area (Å²) < 4.78 is 0. The highest BCUT2D eigenvalue weighted by Crippen LogP contribution is 2.37. The number of fused-ring (bicyclic) bond motifs is 1. The molecule has 2 aromatic carbocycles. The Morgan fingerprint density at radius 2 is 1.94 bits per heavy atom. The molecule has 0 aliphatic heterocycles. The van der Waals surface area contributed by atoms with Gasteiger partial charge in [-0.15, -0.1) is 0 Å². The van der Waals surface area contributed by atoms with E-state index in [1.165, 1.54) is 11.1 Å². The molecule has 1 atom stereocenters. The minimum atomic E-state index is -0.287. The van der Waals surface area contributed by atoms with E-state index < -0.39 is 0 Å². The van der Waals surface area contributed by atoms with Gasteiger partial charge in [0.1, 0.15) is 5.75 Å². The van der Waals surface area contributed by atoms with Crippen LogP contribution in [0.25, 0.3) is 0 Å². The first-order chi connectivity index (χ1) is 8.67. The van der Waals surface area contributed by atoms with Crippen molar-refractivity contribution in [2.75, 3.05) is 0 Å². The van der Waals surface area contributed by atoms with E-state index in [4.69, 9.17) is 5.73 Å². The molecule has 0 spiro atoms. The number of nitrogens with two attached hydrogens (primary N) is 1. The standard InChI is InChI=1S/C16H17NO/c17-16(11-12-4-3-6-14(18)10-12)9-8-13-5-1-2-7-15(13)16/h1-7,10,18H,8-9,11,17H2. The number of phenols is 1. The monoisotopic (exact) mass is 239 g/mol. The molecular formula is C16H17NO. The van der Waals surface area contributed by atoms with Crippen LogP contribution in [0.3, 0.4) is 0 Å². The van der Waals surface area contributed by atoms with Crippen molar-refractivity contribution in [2.24, 2.45) is 5.73 Å². The van der Waals surface area contributed by atoms with E-state index in [-0.39, 0.29) is 5.54 Å². The van der Waals surface area contributed by atoms with Crippen molar-refractivity contribution in [3.8, 4) is 5.75 Å². The van der Waals surface area contributed by atoms with Gasteiger partial charge in [-0.05, 0) is 48.1 Å². The predicted molar refractivity (Wildman–Crippen MR) is 72.4 cm³/mol. The van der Waals surface area contributed by atoms with Gasteiger partial charge in [-0.3, -0.25) is 0 Å². The predicted octanol–water partition coefficient (Wildman–Crippen LogP) is 2.74. The van der Waals surface area contributed by atoms with Crippen LogP contribution >= 0.6 is 0 Å². The van der Waals surface area contributed by atoms with Gasteiger partial charge in [0.2, 0.25) is 0 Å². The molecule has 2 nitrogen and oxygen atoms in total. The average Bonchev–Trinajstić information content (AvgIpc) is 2.68. The maximum Gasteiger partial charge on any atom is 0.115 e. The topological polar surface area (TPSA) is 46.2 Å². The largest absolute Gasteiger partial charge is 0.508 e. The van der Waals surface area contributed by atoms with Gasteiger partial charge < -0.3 is 10.8 Å². The molecule has 18 heavy (non-hydrogen) atoms. The van der Waals surface area contributed by atoms with Crippen molar-refractivity contribution in [3.63, 3.8) is 0 Å². The summed E-state index contributed by atoms with van der Waals surface area (Å²) in [6.07, 6.45) is 2.80. The molecule has 1 unspecified atom stereocenters. The smallest absolute Gasteiger partial charge is 0.115 e. The number of phenolic OH excluding ortho intramolecular Hbond substituents is 1. The van der Waals surface area contributed by atoms with Gasteiger partial charge in [-0.1, -0.05) is 36.4 Å². The zero-order chi connectivity index (χ0) is 12.6. The quantitative estimate of drug-likeness (QED) is 0.846. The molecule has 1 aliphatic carbocycles. The number of benzene rings is 2. The lowest BCUT2D eigenvalue weighted by Gasteiger charge is -2.25. The Balaban J connectivity index is 1.94. The van der Waals surface area contributed by atoms with Gasteiger partial charge in [0, 0.05) is 5.54 Å². The summed E-state index contributed by atoms with van der Waals surface area (Å²) >= 11 is 0. The molecule has 1 aliphatic rings. The van der Waals surface area contributed by atoms with Crippen molar-refractivity contribution in [3.05, 3.63) is 65.2 Å². The first-order valence-electron chi connectivity index (χ1n) is 6.33. The van der Waals surface area contributed by atoms with E-state index in [1.807, 2.05) is 18.2 Å². The molecule has 0 aromatic heterocycles. The van der Waals surface area contributed by atoms with Crippen LogP contribution in [0.15, 0.2) is 48.5 Å². The summed E-state index contributed by atoms with van der Waals surface area (Å²) in [5, 5.41) is 9.53. The van der Waals surface area contributed by atoms with E-state index >= 15 is 0 Å². The van der Waals surface area contributed by atoms with Crippen molar-refractivity contribution in [2.45, 2.75) is 24.8 Å². The Morgan fingerprint density at radius 3 is 2.78 bits per heavy atom. The zero-order valence-electron chi connectivity index (χ0n) is 10.3. The van der Waals surface area contributed by atoms with Crippen molar-refractivity contribution < 1.29 is 5.11 Å². The molecule has 3 rings (SSSR count). The minimum Gasteiger partial charge on any atom is -0.508 e. The second-order valence-corrected chi connectivity index (χ2v) is 5.16. The Hall–Kier alpha value is -1.80. The number of rotatable bonds is 2. The number of hydrogen-bond donors (Lipinski definition) is 2. The highest BCUT2D eigenvalue weighted by Gasteiger charge is 2.34.